The number of aliphatic hydroxyl groups is 1. The van der Waals surface area contributed by atoms with Crippen molar-refractivity contribution >= 4 is 11.6 Å². The first-order valence-electron chi connectivity index (χ1n) is 7.39. The maximum atomic E-state index is 12.0. The van der Waals surface area contributed by atoms with Gasteiger partial charge in [-0.25, -0.2) is 0 Å². The normalized spacial score (nSPS) is 22.0. The molecule has 2 rings (SSSR count). The largest absolute Gasteiger partial charge is 0.392 e. The van der Waals surface area contributed by atoms with Crippen molar-refractivity contribution in [2.75, 3.05) is 38.0 Å². The smallest absolute Gasteiger partial charge is 0.238 e. The summed E-state index contributed by atoms with van der Waals surface area (Å²) in [5, 5.41) is 12.3. The molecule has 1 saturated heterocycles. The maximum absolute atomic E-state index is 12.0. The first-order chi connectivity index (χ1) is 10.0. The molecule has 2 atom stereocenters. The van der Waals surface area contributed by atoms with Gasteiger partial charge in [-0.1, -0.05) is 0 Å². The van der Waals surface area contributed by atoms with Crippen LogP contribution >= 0.6 is 0 Å². The maximum Gasteiger partial charge on any atom is 0.238 e. The fourth-order valence-corrected chi connectivity index (χ4v) is 2.67. The first kappa shape index (κ1) is 15.9. The number of carbonyl (C=O) groups excluding carboxylic acids is 1. The Balaban J connectivity index is 1.78. The summed E-state index contributed by atoms with van der Waals surface area (Å²) in [5.74, 6) is -0.0147. The molecule has 1 aliphatic heterocycles. The summed E-state index contributed by atoms with van der Waals surface area (Å²) < 4.78 is 0. The van der Waals surface area contributed by atoms with E-state index < -0.39 is 0 Å². The predicted molar refractivity (Wildman–Crippen MR) is 82.0 cm³/mol. The lowest BCUT2D eigenvalue weighted by Crippen LogP contribution is -2.54. The quantitative estimate of drug-likeness (QED) is 0.822. The van der Waals surface area contributed by atoms with Gasteiger partial charge in [-0.05, 0) is 26.0 Å². The Labute approximate surface area is 125 Å². The van der Waals surface area contributed by atoms with Crippen LogP contribution in [0.5, 0.6) is 0 Å². The van der Waals surface area contributed by atoms with Crippen LogP contribution in [0.25, 0.3) is 0 Å². The second-order valence-corrected chi connectivity index (χ2v) is 5.72. The van der Waals surface area contributed by atoms with E-state index in [9.17, 15) is 9.90 Å². The van der Waals surface area contributed by atoms with Crippen LogP contribution in [0.2, 0.25) is 0 Å². The number of aromatic nitrogens is 1. The zero-order chi connectivity index (χ0) is 15.2. The molecule has 116 valence electrons. The lowest BCUT2D eigenvalue weighted by molar-refractivity contribution is -0.118. The number of pyridine rings is 1. The predicted octanol–water partition coefficient (Wildman–Crippen LogP) is 0.407. The van der Waals surface area contributed by atoms with Crippen LogP contribution < -0.4 is 5.32 Å². The number of β-amino-alcohol motifs (C(OH)–C–C–N with tert-alkyl or cyclic N) is 1. The third-order valence-electron chi connectivity index (χ3n) is 3.66. The van der Waals surface area contributed by atoms with E-state index in [1.807, 2.05) is 6.07 Å². The molecule has 1 fully saturated rings. The van der Waals surface area contributed by atoms with Gasteiger partial charge in [-0.15, -0.1) is 0 Å². The summed E-state index contributed by atoms with van der Waals surface area (Å²) in [4.78, 5) is 20.4. The molecule has 1 amide bonds. The minimum absolute atomic E-state index is 0.0147. The molecule has 0 bridgehead atoms. The van der Waals surface area contributed by atoms with Crippen LogP contribution in [0.3, 0.4) is 0 Å². The number of hydrogen-bond donors (Lipinski definition) is 2. The van der Waals surface area contributed by atoms with Crippen molar-refractivity contribution in [1.29, 1.82) is 0 Å². The van der Waals surface area contributed by atoms with Crippen molar-refractivity contribution in [3.8, 4) is 0 Å². The fourth-order valence-electron chi connectivity index (χ4n) is 2.67. The number of amides is 1. The molecule has 6 heteroatoms. The minimum Gasteiger partial charge on any atom is -0.392 e. The molecule has 0 saturated carbocycles. The van der Waals surface area contributed by atoms with Crippen molar-refractivity contribution in [3.63, 3.8) is 0 Å². The van der Waals surface area contributed by atoms with Crippen LogP contribution in [0, 0.1) is 0 Å². The third-order valence-corrected chi connectivity index (χ3v) is 3.66. The van der Waals surface area contributed by atoms with Gasteiger partial charge in [0.25, 0.3) is 0 Å². The molecule has 2 heterocycles. The first-order valence-corrected chi connectivity index (χ1v) is 7.39. The van der Waals surface area contributed by atoms with Crippen molar-refractivity contribution in [2.45, 2.75) is 26.0 Å². The van der Waals surface area contributed by atoms with Crippen molar-refractivity contribution < 1.29 is 9.90 Å². The highest BCUT2D eigenvalue weighted by molar-refractivity contribution is 5.92. The number of nitrogens with zero attached hydrogens (tertiary/aromatic N) is 3. The van der Waals surface area contributed by atoms with Gasteiger partial charge < -0.3 is 10.4 Å². The summed E-state index contributed by atoms with van der Waals surface area (Å²) in [7, 11) is 0. The molecule has 21 heavy (non-hydrogen) atoms. The zero-order valence-electron chi connectivity index (χ0n) is 12.7. The van der Waals surface area contributed by atoms with E-state index in [2.05, 4.69) is 27.0 Å². The summed E-state index contributed by atoms with van der Waals surface area (Å²) in [6, 6.07) is 3.97. The van der Waals surface area contributed by atoms with E-state index in [0.717, 1.165) is 25.3 Å². The van der Waals surface area contributed by atoms with Gasteiger partial charge in [0.2, 0.25) is 5.91 Å². The molecule has 1 aromatic rings. The number of carbonyl (C=O) groups is 1. The number of rotatable bonds is 5. The number of nitrogens with one attached hydrogen (secondary N) is 1. The minimum atomic E-state index is -0.312. The van der Waals surface area contributed by atoms with Crippen LogP contribution in [0.1, 0.15) is 13.8 Å². The molecule has 1 aromatic heterocycles. The van der Waals surface area contributed by atoms with Gasteiger partial charge >= 0.3 is 0 Å². The van der Waals surface area contributed by atoms with E-state index in [-0.39, 0.29) is 12.0 Å². The van der Waals surface area contributed by atoms with Crippen LogP contribution in [0.15, 0.2) is 24.5 Å². The Morgan fingerprint density at radius 2 is 2.38 bits per heavy atom. The number of piperazine rings is 1. The highest BCUT2D eigenvalue weighted by Crippen LogP contribution is 2.10. The molecule has 0 unspecified atom stereocenters. The average Bonchev–Trinajstić information content (AvgIpc) is 2.42. The Bertz CT molecular complexity index is 452. The summed E-state index contributed by atoms with van der Waals surface area (Å²) in [6.07, 6.45) is 3.01. The van der Waals surface area contributed by atoms with Gasteiger partial charge in [0.1, 0.15) is 0 Å². The highest BCUT2D eigenvalue weighted by Gasteiger charge is 2.25. The van der Waals surface area contributed by atoms with E-state index in [1.165, 1.54) is 0 Å². The number of hydrogen-bond acceptors (Lipinski definition) is 5. The Morgan fingerprint density at radius 1 is 1.57 bits per heavy atom. The van der Waals surface area contributed by atoms with Crippen molar-refractivity contribution in [1.82, 2.24) is 14.8 Å². The molecule has 0 aliphatic carbocycles. The monoisotopic (exact) mass is 292 g/mol. The van der Waals surface area contributed by atoms with Crippen LogP contribution in [0.4, 0.5) is 5.69 Å². The van der Waals surface area contributed by atoms with Gasteiger partial charge in [0, 0.05) is 38.4 Å². The molecule has 0 spiro atoms. The van der Waals surface area contributed by atoms with E-state index in [4.69, 9.17) is 0 Å². The lowest BCUT2D eigenvalue weighted by atomic mass is 10.1. The molecule has 1 aliphatic rings. The topological polar surface area (TPSA) is 68.7 Å². The highest BCUT2D eigenvalue weighted by atomic mass is 16.3. The molecule has 2 N–H and O–H groups in total. The second-order valence-electron chi connectivity index (χ2n) is 5.72. The van der Waals surface area contributed by atoms with Crippen molar-refractivity contribution in [2.24, 2.45) is 0 Å². The summed E-state index contributed by atoms with van der Waals surface area (Å²) in [5.41, 5.74) is 0.725. The molecule has 0 aromatic carbocycles. The van der Waals surface area contributed by atoms with Crippen molar-refractivity contribution in [3.05, 3.63) is 24.5 Å². The SMILES string of the molecule is C[C@@H](O)CN1CCN(CC(=O)Nc2cccnc2)C[C@@H]1C. The van der Waals surface area contributed by atoms with Gasteiger partial charge in [-0.3, -0.25) is 19.6 Å². The third kappa shape index (κ3) is 5.08. The molecule has 0 radical (unpaired) electrons. The summed E-state index contributed by atoms with van der Waals surface area (Å²) >= 11 is 0. The number of aliphatic hydroxyl groups excluding tert-OH is 1. The van der Waals surface area contributed by atoms with Gasteiger partial charge in [-0.2, -0.15) is 0 Å². The average molecular weight is 292 g/mol. The molecular weight excluding hydrogens is 268 g/mol. The summed E-state index contributed by atoms with van der Waals surface area (Å²) in [6.45, 7) is 7.59. The molecule has 6 nitrogen and oxygen atoms in total. The van der Waals surface area contributed by atoms with E-state index in [1.54, 1.807) is 25.4 Å². The van der Waals surface area contributed by atoms with Crippen LogP contribution in [-0.4, -0.2) is 70.7 Å². The lowest BCUT2D eigenvalue weighted by Gasteiger charge is -2.40. The van der Waals surface area contributed by atoms with E-state index >= 15 is 0 Å². The Hall–Kier alpha value is -1.50. The molecular formula is C15H24N4O2. The Morgan fingerprint density at radius 3 is 3.00 bits per heavy atom. The fraction of sp³-hybridized carbons (Fsp3) is 0.600. The van der Waals surface area contributed by atoms with E-state index in [0.29, 0.717) is 19.1 Å². The van der Waals surface area contributed by atoms with Crippen LogP contribution in [-0.2, 0) is 4.79 Å². The van der Waals surface area contributed by atoms with Gasteiger partial charge in [0.15, 0.2) is 0 Å². The second kappa shape index (κ2) is 7.49. The standard InChI is InChI=1S/C15H24N4O2/c1-12-9-18(6-7-19(12)10-13(2)20)11-15(21)17-14-4-3-5-16-8-14/h3-5,8,12-13,20H,6-7,9-11H2,1-2H3,(H,17,21)/t12-,13+/m0/s1. The number of anilines is 1. The zero-order valence-corrected chi connectivity index (χ0v) is 12.7. The van der Waals surface area contributed by atoms with Gasteiger partial charge in [0.05, 0.1) is 24.5 Å². The Kier molecular flexibility index (Phi) is 5.67.